The average molecular weight is 316 g/mol. The SMILES string of the molecule is Clc1ccc(OC[C@H]2CCCNC2)c(Cc2ccccc2)c1. The molecule has 2 aromatic carbocycles. The minimum absolute atomic E-state index is 0.606. The molecule has 3 rings (SSSR count). The fraction of sp³-hybridized carbons (Fsp3) is 0.368. The van der Waals surface area contributed by atoms with Crippen LogP contribution in [0.5, 0.6) is 5.75 Å². The van der Waals surface area contributed by atoms with E-state index in [2.05, 4.69) is 29.6 Å². The number of rotatable bonds is 5. The molecular weight excluding hydrogens is 294 g/mol. The summed E-state index contributed by atoms with van der Waals surface area (Å²) >= 11 is 6.17. The van der Waals surface area contributed by atoms with E-state index in [4.69, 9.17) is 16.3 Å². The van der Waals surface area contributed by atoms with Gasteiger partial charge in [0.1, 0.15) is 5.75 Å². The first-order valence-corrected chi connectivity index (χ1v) is 8.35. The van der Waals surface area contributed by atoms with Crippen LogP contribution in [0.15, 0.2) is 48.5 Å². The Hall–Kier alpha value is -1.51. The molecular formula is C19H22ClNO. The monoisotopic (exact) mass is 315 g/mol. The highest BCUT2D eigenvalue weighted by atomic mass is 35.5. The molecule has 0 amide bonds. The Kier molecular flexibility index (Phi) is 5.36. The van der Waals surface area contributed by atoms with Crippen LogP contribution < -0.4 is 10.1 Å². The molecule has 0 spiro atoms. The maximum Gasteiger partial charge on any atom is 0.122 e. The van der Waals surface area contributed by atoms with Crippen molar-refractivity contribution in [3.8, 4) is 5.75 Å². The van der Waals surface area contributed by atoms with Gasteiger partial charge in [-0.15, -0.1) is 0 Å². The van der Waals surface area contributed by atoms with Crippen LogP contribution in [0.4, 0.5) is 0 Å². The van der Waals surface area contributed by atoms with E-state index >= 15 is 0 Å². The summed E-state index contributed by atoms with van der Waals surface area (Å²) in [4.78, 5) is 0. The van der Waals surface area contributed by atoms with Crippen LogP contribution >= 0.6 is 11.6 Å². The van der Waals surface area contributed by atoms with Gasteiger partial charge in [0.15, 0.2) is 0 Å². The topological polar surface area (TPSA) is 21.3 Å². The molecule has 1 aliphatic rings. The van der Waals surface area contributed by atoms with E-state index in [9.17, 15) is 0 Å². The lowest BCUT2D eigenvalue weighted by atomic mass is 10.0. The smallest absolute Gasteiger partial charge is 0.122 e. The highest BCUT2D eigenvalue weighted by Gasteiger charge is 2.14. The second kappa shape index (κ2) is 7.66. The normalized spacial score (nSPS) is 18.1. The summed E-state index contributed by atoms with van der Waals surface area (Å²) < 4.78 is 6.11. The van der Waals surface area contributed by atoms with Gasteiger partial charge < -0.3 is 10.1 Å². The van der Waals surface area contributed by atoms with Gasteiger partial charge >= 0.3 is 0 Å². The van der Waals surface area contributed by atoms with Crippen molar-refractivity contribution in [1.82, 2.24) is 5.32 Å². The fourth-order valence-electron chi connectivity index (χ4n) is 2.92. The van der Waals surface area contributed by atoms with E-state index < -0.39 is 0 Å². The Morgan fingerprint density at radius 2 is 2.00 bits per heavy atom. The van der Waals surface area contributed by atoms with Crippen LogP contribution in [-0.2, 0) is 6.42 Å². The van der Waals surface area contributed by atoms with Gasteiger partial charge in [-0.2, -0.15) is 0 Å². The molecule has 22 heavy (non-hydrogen) atoms. The molecule has 1 aliphatic heterocycles. The molecule has 1 fully saturated rings. The zero-order valence-corrected chi connectivity index (χ0v) is 13.5. The van der Waals surface area contributed by atoms with Crippen LogP contribution in [0.25, 0.3) is 0 Å². The molecule has 2 aromatic rings. The van der Waals surface area contributed by atoms with Gasteiger partial charge in [-0.25, -0.2) is 0 Å². The number of nitrogens with one attached hydrogen (secondary N) is 1. The molecule has 0 unspecified atom stereocenters. The summed E-state index contributed by atoms with van der Waals surface area (Å²) in [5.41, 5.74) is 2.43. The fourth-order valence-corrected chi connectivity index (χ4v) is 3.11. The van der Waals surface area contributed by atoms with Gasteiger partial charge in [-0.3, -0.25) is 0 Å². The number of ether oxygens (including phenoxy) is 1. The number of hydrogen-bond donors (Lipinski definition) is 1. The summed E-state index contributed by atoms with van der Waals surface area (Å²) in [6, 6.07) is 16.4. The van der Waals surface area contributed by atoms with Gasteiger partial charge in [0.05, 0.1) is 6.61 Å². The Labute approximate surface area is 137 Å². The van der Waals surface area contributed by atoms with Gasteiger partial charge in [0.2, 0.25) is 0 Å². The predicted octanol–water partition coefficient (Wildman–Crippen LogP) is 4.31. The summed E-state index contributed by atoms with van der Waals surface area (Å²) in [5, 5.41) is 4.20. The highest BCUT2D eigenvalue weighted by Crippen LogP contribution is 2.26. The van der Waals surface area contributed by atoms with Gasteiger partial charge in [0.25, 0.3) is 0 Å². The lowest BCUT2D eigenvalue weighted by molar-refractivity contribution is 0.217. The van der Waals surface area contributed by atoms with Crippen LogP contribution in [-0.4, -0.2) is 19.7 Å². The second-order valence-electron chi connectivity index (χ2n) is 5.94. The maximum absolute atomic E-state index is 6.17. The minimum Gasteiger partial charge on any atom is -0.493 e. The van der Waals surface area contributed by atoms with Crippen LogP contribution in [0, 0.1) is 5.92 Å². The third kappa shape index (κ3) is 4.25. The summed E-state index contributed by atoms with van der Waals surface area (Å²) in [5.74, 6) is 1.56. The standard InChI is InChI=1S/C19H22ClNO/c20-18-8-9-19(22-14-16-7-4-10-21-13-16)17(12-18)11-15-5-2-1-3-6-15/h1-3,5-6,8-9,12,16,21H,4,7,10-11,13-14H2/t16-/m0/s1. The number of hydrogen-bond acceptors (Lipinski definition) is 2. The molecule has 3 heteroatoms. The van der Waals surface area contributed by atoms with Crippen molar-refractivity contribution in [3.05, 3.63) is 64.7 Å². The summed E-state index contributed by atoms with van der Waals surface area (Å²) in [6.45, 7) is 2.97. The Morgan fingerprint density at radius 3 is 2.77 bits per heavy atom. The zero-order valence-electron chi connectivity index (χ0n) is 12.7. The van der Waals surface area contributed by atoms with E-state index in [1.165, 1.54) is 18.4 Å². The van der Waals surface area contributed by atoms with E-state index in [1.54, 1.807) is 0 Å². The third-order valence-corrected chi connectivity index (χ3v) is 4.37. The first-order chi connectivity index (χ1) is 10.8. The van der Waals surface area contributed by atoms with E-state index in [0.717, 1.165) is 42.5 Å². The minimum atomic E-state index is 0.606. The van der Waals surface area contributed by atoms with Crippen molar-refractivity contribution in [2.24, 2.45) is 5.92 Å². The van der Waals surface area contributed by atoms with E-state index in [-0.39, 0.29) is 0 Å². The first-order valence-electron chi connectivity index (χ1n) is 7.97. The molecule has 0 aromatic heterocycles. The van der Waals surface area contributed by atoms with Crippen LogP contribution in [0.1, 0.15) is 24.0 Å². The van der Waals surface area contributed by atoms with Gasteiger partial charge in [-0.1, -0.05) is 41.9 Å². The number of halogens is 1. The van der Waals surface area contributed by atoms with Crippen LogP contribution in [0.3, 0.4) is 0 Å². The van der Waals surface area contributed by atoms with Crippen molar-refractivity contribution in [1.29, 1.82) is 0 Å². The molecule has 1 atom stereocenters. The van der Waals surface area contributed by atoms with Gasteiger partial charge in [-0.05, 0) is 48.7 Å². The molecule has 2 nitrogen and oxygen atoms in total. The molecule has 0 bridgehead atoms. The first kappa shape index (κ1) is 15.4. The largest absolute Gasteiger partial charge is 0.493 e. The summed E-state index contributed by atoms with van der Waals surface area (Å²) in [7, 11) is 0. The highest BCUT2D eigenvalue weighted by molar-refractivity contribution is 6.30. The molecule has 0 radical (unpaired) electrons. The summed E-state index contributed by atoms with van der Waals surface area (Å²) in [6.07, 6.45) is 3.33. The number of piperidine rings is 1. The van der Waals surface area contributed by atoms with Crippen molar-refractivity contribution in [2.45, 2.75) is 19.3 Å². The quantitative estimate of drug-likeness (QED) is 0.887. The third-order valence-electron chi connectivity index (χ3n) is 4.13. The predicted molar refractivity (Wildman–Crippen MR) is 91.8 cm³/mol. The van der Waals surface area contributed by atoms with Crippen molar-refractivity contribution in [3.63, 3.8) is 0 Å². The Bertz CT molecular complexity index is 594. The molecule has 116 valence electrons. The Balaban J connectivity index is 1.70. The Morgan fingerprint density at radius 1 is 1.14 bits per heavy atom. The second-order valence-corrected chi connectivity index (χ2v) is 6.37. The molecule has 1 saturated heterocycles. The lowest BCUT2D eigenvalue weighted by Crippen LogP contribution is -2.33. The molecule has 1 heterocycles. The molecule has 0 saturated carbocycles. The van der Waals surface area contributed by atoms with Crippen LogP contribution in [0.2, 0.25) is 5.02 Å². The molecule has 1 N–H and O–H groups in total. The van der Waals surface area contributed by atoms with E-state index in [0.29, 0.717) is 5.92 Å². The lowest BCUT2D eigenvalue weighted by Gasteiger charge is -2.23. The number of benzene rings is 2. The molecule has 0 aliphatic carbocycles. The van der Waals surface area contributed by atoms with E-state index in [1.807, 2.05) is 24.3 Å². The van der Waals surface area contributed by atoms with Crippen molar-refractivity contribution in [2.75, 3.05) is 19.7 Å². The van der Waals surface area contributed by atoms with Crippen molar-refractivity contribution >= 4 is 11.6 Å². The van der Waals surface area contributed by atoms with Gasteiger partial charge in [0, 0.05) is 23.9 Å². The zero-order chi connectivity index (χ0) is 15.2. The average Bonchev–Trinajstić information content (AvgIpc) is 2.56. The van der Waals surface area contributed by atoms with Crippen molar-refractivity contribution < 1.29 is 4.74 Å². The maximum atomic E-state index is 6.17.